The van der Waals surface area contributed by atoms with Gasteiger partial charge in [0.25, 0.3) is 0 Å². The number of rotatable bonds is 71. The van der Waals surface area contributed by atoms with E-state index >= 15 is 0 Å². The Labute approximate surface area is 583 Å². The molecule has 0 aromatic rings. The molecule has 0 fully saturated rings. The number of carbonyl (C=O) groups is 4. The molecular formula is C77H136O17P2. The van der Waals surface area contributed by atoms with Crippen LogP contribution >= 0.6 is 15.6 Å². The van der Waals surface area contributed by atoms with Gasteiger partial charge in [-0.2, -0.15) is 0 Å². The molecule has 17 nitrogen and oxygen atoms in total. The smallest absolute Gasteiger partial charge is 0.462 e. The number of unbranched alkanes of at least 4 members (excludes halogenated alkanes) is 31. The first-order valence-corrected chi connectivity index (χ1v) is 40.8. The molecule has 0 amide bonds. The number of esters is 4. The van der Waals surface area contributed by atoms with E-state index in [0.29, 0.717) is 25.7 Å². The Morgan fingerprint density at radius 1 is 0.302 bits per heavy atom. The van der Waals surface area contributed by atoms with Crippen LogP contribution in [0.1, 0.15) is 323 Å². The summed E-state index contributed by atoms with van der Waals surface area (Å²) in [5.74, 6) is -2.23. The number of phosphoric acid groups is 2. The van der Waals surface area contributed by atoms with Crippen LogP contribution in [0.2, 0.25) is 0 Å². The van der Waals surface area contributed by atoms with Gasteiger partial charge in [-0.3, -0.25) is 37.3 Å². The first kappa shape index (κ1) is 92.2. The van der Waals surface area contributed by atoms with Gasteiger partial charge in [0, 0.05) is 25.7 Å². The van der Waals surface area contributed by atoms with Gasteiger partial charge in [0.15, 0.2) is 12.2 Å². The standard InChI is InChI=1S/C77H136O17P2/c1-5-9-13-17-21-25-29-32-35-38-42-45-49-53-57-61-74(79)87-67-72(93-76(81)63-59-55-51-47-41-28-24-20-16-12-8-4)69-91-95(83,84)89-65-71(78)66-90-96(85,86)92-70-73(94-77(82)64-60-56-52-48-44-40-37-34-31-27-23-19-15-11-7-3)68-88-75(80)62-58-54-50-46-43-39-36-33-30-26-22-18-14-10-6-2/h9,13,20-22,24-26,32-33,35-36,42,45,71-73,78H,5-8,10-12,14-19,23,27-31,34,37-41,43-44,46-70H2,1-4H3,(H,83,84)(H,85,86)/b13-9-,24-20-,25-21-,26-22-,35-32-,36-33-,45-42-. The van der Waals surface area contributed by atoms with E-state index in [1.165, 1.54) is 96.3 Å². The van der Waals surface area contributed by atoms with E-state index in [9.17, 15) is 43.2 Å². The topological polar surface area (TPSA) is 237 Å². The quantitative estimate of drug-likeness (QED) is 0.0169. The van der Waals surface area contributed by atoms with E-state index in [2.05, 4.69) is 113 Å². The van der Waals surface area contributed by atoms with E-state index in [1.807, 2.05) is 0 Å². The third-order valence-electron chi connectivity index (χ3n) is 15.8. The van der Waals surface area contributed by atoms with Gasteiger partial charge >= 0.3 is 39.5 Å². The second-order valence-electron chi connectivity index (χ2n) is 25.2. The highest BCUT2D eigenvalue weighted by Crippen LogP contribution is 2.45. The summed E-state index contributed by atoms with van der Waals surface area (Å²) in [5, 5.41) is 10.6. The Bertz CT molecular complexity index is 2160. The fourth-order valence-corrected chi connectivity index (χ4v) is 11.6. The Hall–Kier alpha value is -3.76. The lowest BCUT2D eigenvalue weighted by atomic mass is 10.0. The van der Waals surface area contributed by atoms with Crippen molar-refractivity contribution in [3.8, 4) is 0 Å². The molecule has 0 heterocycles. The normalized spacial score (nSPS) is 14.4. The van der Waals surface area contributed by atoms with Crippen LogP contribution < -0.4 is 0 Å². The third-order valence-corrected chi connectivity index (χ3v) is 17.7. The van der Waals surface area contributed by atoms with Crippen molar-refractivity contribution in [1.29, 1.82) is 0 Å². The minimum atomic E-state index is -4.98. The fourth-order valence-electron chi connectivity index (χ4n) is 10.0. The molecule has 0 rings (SSSR count). The lowest BCUT2D eigenvalue weighted by Crippen LogP contribution is -2.30. The molecule has 96 heavy (non-hydrogen) atoms. The van der Waals surface area contributed by atoms with Crippen molar-refractivity contribution in [2.45, 2.75) is 341 Å². The molecule has 0 spiro atoms. The van der Waals surface area contributed by atoms with Crippen molar-refractivity contribution in [1.82, 2.24) is 0 Å². The first-order valence-electron chi connectivity index (χ1n) is 37.8. The van der Waals surface area contributed by atoms with Crippen LogP contribution in [0.5, 0.6) is 0 Å². The summed E-state index contributed by atoms with van der Waals surface area (Å²) in [5.41, 5.74) is 0. The number of hydrogen-bond donors (Lipinski definition) is 3. The summed E-state index contributed by atoms with van der Waals surface area (Å²) in [4.78, 5) is 72.7. The number of allylic oxidation sites excluding steroid dienone is 14. The van der Waals surface area contributed by atoms with Crippen LogP contribution in [-0.2, 0) is 65.4 Å². The maximum Gasteiger partial charge on any atom is 0.472 e. The summed E-state index contributed by atoms with van der Waals surface area (Å²) >= 11 is 0. The number of ether oxygens (including phenoxy) is 4. The zero-order valence-corrected chi connectivity index (χ0v) is 62.3. The van der Waals surface area contributed by atoms with Crippen LogP contribution in [-0.4, -0.2) is 96.7 Å². The zero-order chi connectivity index (χ0) is 70.4. The number of aliphatic hydroxyl groups excluding tert-OH is 1. The van der Waals surface area contributed by atoms with E-state index in [4.69, 9.17) is 37.0 Å². The molecule has 0 saturated carbocycles. The van der Waals surface area contributed by atoms with E-state index < -0.39 is 97.5 Å². The molecule has 0 radical (unpaired) electrons. The molecule has 0 aromatic carbocycles. The number of phosphoric ester groups is 2. The molecule has 19 heteroatoms. The van der Waals surface area contributed by atoms with Gasteiger partial charge in [0.2, 0.25) is 0 Å². The fraction of sp³-hybridized carbons (Fsp3) is 0.766. The molecule has 3 N–H and O–H groups in total. The molecular weight excluding hydrogens is 1260 g/mol. The van der Waals surface area contributed by atoms with Crippen LogP contribution in [0, 0.1) is 0 Å². The highest BCUT2D eigenvalue weighted by Gasteiger charge is 2.30. The van der Waals surface area contributed by atoms with Crippen molar-refractivity contribution < 1.29 is 80.2 Å². The first-order chi connectivity index (χ1) is 46.7. The minimum absolute atomic E-state index is 0.0760. The second-order valence-corrected chi connectivity index (χ2v) is 28.1. The average molecular weight is 1400 g/mol. The maximum absolute atomic E-state index is 13.1. The Morgan fingerprint density at radius 3 is 0.917 bits per heavy atom. The van der Waals surface area contributed by atoms with Gasteiger partial charge in [-0.15, -0.1) is 0 Å². The van der Waals surface area contributed by atoms with Crippen molar-refractivity contribution in [2.75, 3.05) is 39.6 Å². The summed E-state index contributed by atoms with van der Waals surface area (Å²) in [6.45, 7) is 4.65. The Morgan fingerprint density at radius 2 is 0.552 bits per heavy atom. The van der Waals surface area contributed by atoms with Crippen LogP contribution in [0.15, 0.2) is 85.1 Å². The highest BCUT2D eigenvalue weighted by molar-refractivity contribution is 7.47. The SMILES string of the molecule is CC/C=C\C/C=C\C/C=C\C/C=C\CCCCC(=O)OCC(COP(=O)(O)OCC(O)COP(=O)(O)OCC(COC(=O)CCCCCCC/C=C\C/C=C\CCCCC)OC(=O)CCCCCCCCCCCCCCCCC)OC(=O)CCCCCCC/C=C\CCCC. The molecule has 5 atom stereocenters. The Balaban J connectivity index is 5.35. The highest BCUT2D eigenvalue weighted by atomic mass is 31.2. The van der Waals surface area contributed by atoms with Gasteiger partial charge in [-0.05, 0) is 116 Å². The molecule has 0 saturated heterocycles. The molecule has 0 aliphatic heterocycles. The number of hydrogen-bond acceptors (Lipinski definition) is 15. The molecule has 556 valence electrons. The maximum atomic E-state index is 13.1. The van der Waals surface area contributed by atoms with E-state index in [0.717, 1.165) is 148 Å². The van der Waals surface area contributed by atoms with Crippen molar-refractivity contribution in [3.05, 3.63) is 85.1 Å². The molecule has 0 aromatic heterocycles. The minimum Gasteiger partial charge on any atom is -0.462 e. The molecule has 0 bridgehead atoms. The van der Waals surface area contributed by atoms with Crippen LogP contribution in [0.3, 0.4) is 0 Å². The van der Waals surface area contributed by atoms with Gasteiger partial charge < -0.3 is 33.8 Å². The van der Waals surface area contributed by atoms with Gasteiger partial charge in [-0.1, -0.05) is 267 Å². The monoisotopic (exact) mass is 1390 g/mol. The van der Waals surface area contributed by atoms with Gasteiger partial charge in [0.05, 0.1) is 26.4 Å². The van der Waals surface area contributed by atoms with Gasteiger partial charge in [0.1, 0.15) is 19.3 Å². The summed E-state index contributed by atoms with van der Waals surface area (Å²) in [6.07, 6.45) is 70.1. The van der Waals surface area contributed by atoms with Gasteiger partial charge in [-0.25, -0.2) is 9.13 Å². The zero-order valence-electron chi connectivity index (χ0n) is 60.5. The molecule has 0 aliphatic rings. The number of carbonyl (C=O) groups excluding carboxylic acids is 4. The summed E-state index contributed by atoms with van der Waals surface area (Å²) in [6, 6.07) is 0. The molecule has 0 aliphatic carbocycles. The van der Waals surface area contributed by atoms with E-state index in [-0.39, 0.29) is 25.7 Å². The predicted octanol–water partition coefficient (Wildman–Crippen LogP) is 21.4. The Kier molecular flexibility index (Phi) is 67.0. The van der Waals surface area contributed by atoms with Crippen molar-refractivity contribution >= 4 is 39.5 Å². The van der Waals surface area contributed by atoms with Crippen LogP contribution in [0.4, 0.5) is 0 Å². The summed E-state index contributed by atoms with van der Waals surface area (Å²) < 4.78 is 68.4. The lowest BCUT2D eigenvalue weighted by molar-refractivity contribution is -0.161. The largest absolute Gasteiger partial charge is 0.472 e. The summed E-state index contributed by atoms with van der Waals surface area (Å²) in [7, 11) is -9.95. The van der Waals surface area contributed by atoms with Crippen molar-refractivity contribution in [3.63, 3.8) is 0 Å². The van der Waals surface area contributed by atoms with E-state index in [1.54, 1.807) is 0 Å². The average Bonchev–Trinajstić information content (AvgIpc) is 1.11. The lowest BCUT2D eigenvalue weighted by Gasteiger charge is -2.21. The molecule has 5 unspecified atom stereocenters. The van der Waals surface area contributed by atoms with Crippen molar-refractivity contribution in [2.24, 2.45) is 0 Å². The number of aliphatic hydroxyl groups is 1. The predicted molar refractivity (Wildman–Crippen MR) is 390 cm³/mol. The van der Waals surface area contributed by atoms with Crippen LogP contribution in [0.25, 0.3) is 0 Å². The second kappa shape index (κ2) is 69.7. The third kappa shape index (κ3) is 68.8.